The minimum Gasteiger partial charge on any atom is -0.302 e. The first-order chi connectivity index (χ1) is 6.60. The van der Waals surface area contributed by atoms with Crippen molar-refractivity contribution >= 4 is 41.1 Å². The van der Waals surface area contributed by atoms with Crippen LogP contribution in [0.3, 0.4) is 0 Å². The summed E-state index contributed by atoms with van der Waals surface area (Å²) in [4.78, 5) is 10.7. The molecule has 0 aliphatic rings. The fraction of sp³-hybridized carbons (Fsp3) is 0.100. The normalized spacial score (nSPS) is 12.2. The molecular formula is C10H7Cl3O. The summed E-state index contributed by atoms with van der Waals surface area (Å²) >= 11 is 17.6. The first-order valence-electron chi connectivity index (χ1n) is 3.82. The van der Waals surface area contributed by atoms with Gasteiger partial charge in [0.2, 0.25) is 0 Å². The molecule has 1 atom stereocenters. The number of carbonyl (C=O) groups is 1. The van der Waals surface area contributed by atoms with Crippen LogP contribution in [0.15, 0.2) is 24.8 Å². The molecule has 0 fully saturated rings. The van der Waals surface area contributed by atoms with Crippen molar-refractivity contribution in [1.29, 1.82) is 0 Å². The lowest BCUT2D eigenvalue weighted by Crippen LogP contribution is -1.98. The lowest BCUT2D eigenvalue weighted by Gasteiger charge is -2.10. The van der Waals surface area contributed by atoms with E-state index in [4.69, 9.17) is 34.8 Å². The van der Waals surface area contributed by atoms with Gasteiger partial charge in [0.1, 0.15) is 6.29 Å². The largest absolute Gasteiger partial charge is 0.302 e. The molecule has 74 valence electrons. The van der Waals surface area contributed by atoms with Crippen molar-refractivity contribution in [2.75, 3.05) is 0 Å². The molecule has 0 bridgehead atoms. The van der Waals surface area contributed by atoms with Crippen LogP contribution >= 0.6 is 34.8 Å². The van der Waals surface area contributed by atoms with Crippen molar-refractivity contribution in [2.45, 2.75) is 5.92 Å². The second-order valence-electron chi connectivity index (χ2n) is 2.68. The quantitative estimate of drug-likeness (QED) is 0.582. The first-order valence-corrected chi connectivity index (χ1v) is 4.95. The van der Waals surface area contributed by atoms with Gasteiger partial charge < -0.3 is 4.79 Å². The number of hydrogen-bond donors (Lipinski definition) is 0. The van der Waals surface area contributed by atoms with E-state index in [1.165, 1.54) is 6.08 Å². The smallest absolute Gasteiger partial charge is 0.131 e. The van der Waals surface area contributed by atoms with E-state index in [1.807, 2.05) is 0 Å². The lowest BCUT2D eigenvalue weighted by atomic mass is 10.0. The van der Waals surface area contributed by atoms with Crippen LogP contribution in [0.2, 0.25) is 15.1 Å². The summed E-state index contributed by atoms with van der Waals surface area (Å²) in [6, 6.07) is 3.09. The minimum atomic E-state index is -0.493. The van der Waals surface area contributed by atoms with Crippen LogP contribution in [0.25, 0.3) is 0 Å². The number of hydrogen-bond acceptors (Lipinski definition) is 1. The van der Waals surface area contributed by atoms with Crippen LogP contribution in [0, 0.1) is 0 Å². The van der Waals surface area contributed by atoms with Crippen LogP contribution < -0.4 is 0 Å². The summed E-state index contributed by atoms with van der Waals surface area (Å²) in [5.41, 5.74) is 0.544. The molecule has 1 unspecified atom stereocenters. The molecule has 1 aromatic carbocycles. The number of allylic oxidation sites excluding steroid dienone is 1. The van der Waals surface area contributed by atoms with E-state index < -0.39 is 5.92 Å². The minimum absolute atomic E-state index is 0.375. The highest BCUT2D eigenvalue weighted by Gasteiger charge is 2.15. The van der Waals surface area contributed by atoms with Gasteiger partial charge >= 0.3 is 0 Å². The van der Waals surface area contributed by atoms with Crippen molar-refractivity contribution in [2.24, 2.45) is 0 Å². The zero-order chi connectivity index (χ0) is 10.7. The number of carbonyl (C=O) groups excluding carboxylic acids is 1. The van der Waals surface area contributed by atoms with Crippen LogP contribution in [-0.4, -0.2) is 6.29 Å². The van der Waals surface area contributed by atoms with Crippen molar-refractivity contribution in [3.8, 4) is 0 Å². The molecule has 1 aromatic rings. The molecular weight excluding hydrogens is 242 g/mol. The Morgan fingerprint density at radius 3 is 2.07 bits per heavy atom. The van der Waals surface area contributed by atoms with Gasteiger partial charge in [0, 0.05) is 20.6 Å². The Balaban J connectivity index is 3.32. The summed E-state index contributed by atoms with van der Waals surface area (Å²) in [5, 5.41) is 1.19. The molecule has 0 spiro atoms. The summed E-state index contributed by atoms with van der Waals surface area (Å²) < 4.78 is 0. The van der Waals surface area contributed by atoms with E-state index in [2.05, 4.69) is 6.58 Å². The third kappa shape index (κ3) is 2.30. The van der Waals surface area contributed by atoms with Gasteiger partial charge in [-0.25, -0.2) is 0 Å². The molecule has 0 aliphatic heterocycles. The molecule has 0 saturated heterocycles. The maximum Gasteiger partial charge on any atom is 0.131 e. The van der Waals surface area contributed by atoms with E-state index in [-0.39, 0.29) is 0 Å². The van der Waals surface area contributed by atoms with Gasteiger partial charge in [0.15, 0.2) is 0 Å². The van der Waals surface area contributed by atoms with Crippen molar-refractivity contribution in [1.82, 2.24) is 0 Å². The summed E-state index contributed by atoms with van der Waals surface area (Å²) in [6.07, 6.45) is 2.21. The van der Waals surface area contributed by atoms with Crippen molar-refractivity contribution in [3.05, 3.63) is 45.4 Å². The third-order valence-corrected chi connectivity index (χ3v) is 2.62. The standard InChI is InChI=1S/C10H7Cl3O/c1-2-6(5-14)10-8(12)3-7(11)4-9(10)13/h2-6H,1H2. The molecule has 0 radical (unpaired) electrons. The van der Waals surface area contributed by atoms with Crippen LogP contribution in [0.1, 0.15) is 11.5 Å². The Bertz CT molecular complexity index is 343. The Kier molecular flexibility index (Phi) is 3.99. The second-order valence-corrected chi connectivity index (χ2v) is 3.93. The molecule has 1 rings (SSSR count). The van der Waals surface area contributed by atoms with E-state index in [1.54, 1.807) is 12.1 Å². The fourth-order valence-electron chi connectivity index (χ4n) is 1.11. The highest BCUT2D eigenvalue weighted by Crippen LogP contribution is 2.34. The zero-order valence-corrected chi connectivity index (χ0v) is 9.40. The zero-order valence-electron chi connectivity index (χ0n) is 7.14. The molecule has 4 heteroatoms. The fourth-order valence-corrected chi connectivity index (χ4v) is 2.18. The second kappa shape index (κ2) is 4.83. The maximum absolute atomic E-state index is 10.7. The first kappa shape index (κ1) is 11.6. The Hall–Kier alpha value is -0.500. The molecule has 0 aliphatic carbocycles. The summed E-state index contributed by atoms with van der Waals surface area (Å²) in [7, 11) is 0. The van der Waals surface area contributed by atoms with Crippen LogP contribution in [0.4, 0.5) is 0 Å². The summed E-state index contributed by atoms with van der Waals surface area (Å²) in [6.45, 7) is 3.53. The van der Waals surface area contributed by atoms with Gasteiger partial charge in [-0.15, -0.1) is 6.58 Å². The topological polar surface area (TPSA) is 17.1 Å². The lowest BCUT2D eigenvalue weighted by molar-refractivity contribution is -0.108. The van der Waals surface area contributed by atoms with Crippen LogP contribution in [0.5, 0.6) is 0 Å². The predicted octanol–water partition coefficient (Wildman–Crippen LogP) is 4.12. The van der Waals surface area contributed by atoms with E-state index in [9.17, 15) is 4.79 Å². The summed E-state index contributed by atoms with van der Waals surface area (Å²) in [5.74, 6) is -0.493. The van der Waals surface area contributed by atoms with E-state index >= 15 is 0 Å². The predicted molar refractivity (Wildman–Crippen MR) is 60.5 cm³/mol. The Morgan fingerprint density at radius 1 is 1.21 bits per heavy atom. The van der Waals surface area contributed by atoms with Crippen molar-refractivity contribution < 1.29 is 4.79 Å². The molecule has 0 N–H and O–H groups in total. The van der Waals surface area contributed by atoms with Gasteiger partial charge in [0.25, 0.3) is 0 Å². The van der Waals surface area contributed by atoms with Gasteiger partial charge in [-0.3, -0.25) is 0 Å². The molecule has 0 amide bonds. The van der Waals surface area contributed by atoms with Gasteiger partial charge in [-0.1, -0.05) is 40.9 Å². The maximum atomic E-state index is 10.7. The highest BCUT2D eigenvalue weighted by atomic mass is 35.5. The molecule has 0 heterocycles. The number of halogens is 3. The number of benzene rings is 1. The van der Waals surface area contributed by atoms with Gasteiger partial charge in [-0.2, -0.15) is 0 Å². The molecule has 14 heavy (non-hydrogen) atoms. The van der Waals surface area contributed by atoms with E-state index in [0.29, 0.717) is 20.6 Å². The monoisotopic (exact) mass is 248 g/mol. The average Bonchev–Trinajstić information content (AvgIpc) is 2.10. The van der Waals surface area contributed by atoms with Crippen molar-refractivity contribution in [3.63, 3.8) is 0 Å². The van der Waals surface area contributed by atoms with Crippen LogP contribution in [-0.2, 0) is 4.79 Å². The Labute approximate surface area is 97.3 Å². The van der Waals surface area contributed by atoms with Gasteiger partial charge in [-0.05, 0) is 12.1 Å². The van der Waals surface area contributed by atoms with E-state index in [0.717, 1.165) is 6.29 Å². The molecule has 1 nitrogen and oxygen atoms in total. The third-order valence-electron chi connectivity index (χ3n) is 1.78. The molecule has 0 aromatic heterocycles. The van der Waals surface area contributed by atoms with Gasteiger partial charge in [0.05, 0.1) is 5.92 Å². The average molecular weight is 250 g/mol. The SMILES string of the molecule is C=CC(C=O)c1c(Cl)cc(Cl)cc1Cl. The highest BCUT2D eigenvalue weighted by molar-refractivity contribution is 6.39. The molecule has 0 saturated carbocycles. The Morgan fingerprint density at radius 2 is 1.71 bits per heavy atom. The number of aldehydes is 1. The number of rotatable bonds is 3.